The summed E-state index contributed by atoms with van der Waals surface area (Å²) < 4.78 is 13.2. The largest absolute Gasteiger partial charge is 0.356 e. The third-order valence-electron chi connectivity index (χ3n) is 3.78. The number of thiophene rings is 1. The first-order valence-electron chi connectivity index (χ1n) is 7.99. The highest BCUT2D eigenvalue weighted by molar-refractivity contribution is 7.10. The second-order valence-electron chi connectivity index (χ2n) is 5.75. The van der Waals surface area contributed by atoms with Gasteiger partial charge in [-0.15, -0.1) is 11.3 Å². The molecule has 1 aromatic carbocycles. The van der Waals surface area contributed by atoms with Gasteiger partial charge in [0.15, 0.2) is 5.96 Å². The van der Waals surface area contributed by atoms with Gasteiger partial charge in [-0.1, -0.05) is 18.2 Å². The Hall–Kier alpha value is -1.92. The molecule has 0 amide bonds. The van der Waals surface area contributed by atoms with Crippen molar-refractivity contribution in [2.75, 3.05) is 34.2 Å². The van der Waals surface area contributed by atoms with Crippen molar-refractivity contribution < 1.29 is 4.39 Å². The molecule has 4 nitrogen and oxygen atoms in total. The summed E-state index contributed by atoms with van der Waals surface area (Å²) in [6.45, 7) is 1.47. The first-order valence-corrected chi connectivity index (χ1v) is 8.87. The zero-order valence-electron chi connectivity index (χ0n) is 14.4. The maximum absolute atomic E-state index is 13.2. The first kappa shape index (κ1) is 18.4. The van der Waals surface area contributed by atoms with Crippen molar-refractivity contribution in [3.63, 3.8) is 0 Å². The third kappa shape index (κ3) is 5.62. The number of rotatable bonds is 7. The number of halogens is 1. The third-order valence-corrected chi connectivity index (χ3v) is 4.75. The Kier molecular flexibility index (Phi) is 7.21. The molecule has 1 unspecified atom stereocenters. The molecule has 0 aliphatic heterocycles. The van der Waals surface area contributed by atoms with Gasteiger partial charge >= 0.3 is 0 Å². The lowest BCUT2D eigenvalue weighted by Crippen LogP contribution is -2.42. The molecule has 0 fully saturated rings. The minimum absolute atomic E-state index is 0.195. The van der Waals surface area contributed by atoms with Crippen LogP contribution in [0.25, 0.3) is 0 Å². The van der Waals surface area contributed by atoms with Crippen LogP contribution in [0, 0.1) is 5.82 Å². The van der Waals surface area contributed by atoms with Crippen molar-refractivity contribution in [1.29, 1.82) is 0 Å². The Labute approximate surface area is 147 Å². The molecule has 0 radical (unpaired) electrons. The lowest BCUT2D eigenvalue weighted by molar-refractivity contribution is 0.302. The van der Waals surface area contributed by atoms with E-state index in [0.717, 1.165) is 24.5 Å². The molecule has 1 heterocycles. The van der Waals surface area contributed by atoms with Crippen LogP contribution in [0.4, 0.5) is 4.39 Å². The quantitative estimate of drug-likeness (QED) is 0.597. The van der Waals surface area contributed by atoms with Gasteiger partial charge in [-0.25, -0.2) is 4.39 Å². The molecule has 0 bridgehead atoms. The summed E-state index contributed by atoms with van der Waals surface area (Å²) in [6, 6.07) is 11.2. The Balaban J connectivity index is 1.81. The fourth-order valence-electron chi connectivity index (χ4n) is 2.45. The van der Waals surface area contributed by atoms with Gasteiger partial charge in [0.1, 0.15) is 5.82 Å². The van der Waals surface area contributed by atoms with Crippen molar-refractivity contribution in [1.82, 2.24) is 15.5 Å². The molecular weight excluding hydrogens is 323 g/mol. The summed E-state index contributed by atoms with van der Waals surface area (Å²) in [6.07, 6.45) is 0.750. The first-order chi connectivity index (χ1) is 11.6. The summed E-state index contributed by atoms with van der Waals surface area (Å²) >= 11 is 1.76. The molecule has 0 saturated carbocycles. The van der Waals surface area contributed by atoms with E-state index in [1.807, 2.05) is 6.07 Å². The highest BCUT2D eigenvalue weighted by atomic mass is 32.1. The Morgan fingerprint density at radius 2 is 2.08 bits per heavy atom. The fraction of sp³-hybridized carbons (Fsp3) is 0.389. The molecular formula is C18H25FN4S. The number of hydrogen-bond donors (Lipinski definition) is 2. The summed E-state index contributed by atoms with van der Waals surface area (Å²) in [5, 5.41) is 8.74. The monoisotopic (exact) mass is 348 g/mol. The number of hydrogen-bond acceptors (Lipinski definition) is 3. The van der Waals surface area contributed by atoms with Gasteiger partial charge in [0.05, 0.1) is 6.04 Å². The lowest BCUT2D eigenvalue weighted by atomic mass is 10.1. The summed E-state index contributed by atoms with van der Waals surface area (Å²) in [7, 11) is 5.91. The van der Waals surface area contributed by atoms with Crippen LogP contribution in [-0.2, 0) is 6.42 Å². The van der Waals surface area contributed by atoms with Gasteiger partial charge < -0.3 is 15.5 Å². The van der Waals surface area contributed by atoms with Crippen LogP contribution >= 0.6 is 11.3 Å². The number of benzene rings is 1. The SMILES string of the molecule is CN=C(NCCc1cccc(F)c1)NCC(c1cccs1)N(C)C. The van der Waals surface area contributed by atoms with Gasteiger partial charge in [0.25, 0.3) is 0 Å². The zero-order valence-corrected chi connectivity index (χ0v) is 15.2. The van der Waals surface area contributed by atoms with E-state index in [2.05, 4.69) is 52.1 Å². The van der Waals surface area contributed by atoms with Crippen LogP contribution in [0.5, 0.6) is 0 Å². The molecule has 2 aromatic rings. The molecule has 0 aliphatic rings. The van der Waals surface area contributed by atoms with Gasteiger partial charge in [-0.05, 0) is 49.7 Å². The van der Waals surface area contributed by atoms with Crippen LogP contribution in [0.1, 0.15) is 16.5 Å². The van der Waals surface area contributed by atoms with E-state index in [1.54, 1.807) is 30.5 Å². The molecule has 0 spiro atoms. The van der Waals surface area contributed by atoms with Crippen molar-refractivity contribution in [2.45, 2.75) is 12.5 Å². The number of guanidine groups is 1. The predicted molar refractivity (Wildman–Crippen MR) is 100 cm³/mol. The summed E-state index contributed by atoms with van der Waals surface area (Å²) in [4.78, 5) is 7.77. The lowest BCUT2D eigenvalue weighted by Gasteiger charge is -2.24. The highest BCUT2D eigenvalue weighted by Gasteiger charge is 2.15. The van der Waals surface area contributed by atoms with Gasteiger partial charge in [0.2, 0.25) is 0 Å². The Morgan fingerprint density at radius 3 is 2.71 bits per heavy atom. The van der Waals surface area contributed by atoms with Crippen LogP contribution in [0.15, 0.2) is 46.8 Å². The van der Waals surface area contributed by atoms with Crippen LogP contribution in [0.2, 0.25) is 0 Å². The standard InChI is InChI=1S/C18H25FN4S/c1-20-18(21-10-9-14-6-4-7-15(19)12-14)22-13-16(23(2)3)17-8-5-11-24-17/h4-8,11-12,16H,9-10,13H2,1-3H3,(H2,20,21,22). The maximum atomic E-state index is 13.2. The van der Waals surface area contributed by atoms with Crippen molar-refractivity contribution >= 4 is 17.3 Å². The van der Waals surface area contributed by atoms with E-state index in [-0.39, 0.29) is 5.82 Å². The van der Waals surface area contributed by atoms with E-state index >= 15 is 0 Å². The second kappa shape index (κ2) is 9.39. The number of likely N-dealkylation sites (N-methyl/N-ethyl adjacent to an activating group) is 1. The molecule has 1 atom stereocenters. The predicted octanol–water partition coefficient (Wildman–Crippen LogP) is 2.90. The van der Waals surface area contributed by atoms with Gasteiger partial charge in [-0.3, -0.25) is 4.99 Å². The van der Waals surface area contributed by atoms with E-state index in [0.29, 0.717) is 12.6 Å². The number of nitrogens with zero attached hydrogens (tertiary/aromatic N) is 2. The van der Waals surface area contributed by atoms with E-state index in [4.69, 9.17) is 0 Å². The second-order valence-corrected chi connectivity index (χ2v) is 6.73. The van der Waals surface area contributed by atoms with Gasteiger partial charge in [0, 0.05) is 25.0 Å². The van der Waals surface area contributed by atoms with Gasteiger partial charge in [-0.2, -0.15) is 0 Å². The fourth-order valence-corrected chi connectivity index (χ4v) is 3.37. The molecule has 24 heavy (non-hydrogen) atoms. The van der Waals surface area contributed by atoms with Crippen LogP contribution in [0.3, 0.4) is 0 Å². The van der Waals surface area contributed by atoms with Crippen molar-refractivity contribution in [3.05, 3.63) is 58.0 Å². The van der Waals surface area contributed by atoms with Crippen LogP contribution in [-0.4, -0.2) is 45.1 Å². The van der Waals surface area contributed by atoms with Crippen molar-refractivity contribution in [3.8, 4) is 0 Å². The number of aliphatic imine (C=N–C) groups is 1. The molecule has 2 N–H and O–H groups in total. The molecule has 6 heteroatoms. The minimum Gasteiger partial charge on any atom is -0.356 e. The summed E-state index contributed by atoms with van der Waals surface area (Å²) in [5.74, 6) is 0.564. The zero-order chi connectivity index (χ0) is 17.4. The molecule has 0 aliphatic carbocycles. The van der Waals surface area contributed by atoms with E-state index in [1.165, 1.54) is 10.9 Å². The topological polar surface area (TPSA) is 39.7 Å². The highest BCUT2D eigenvalue weighted by Crippen LogP contribution is 2.22. The Bertz CT molecular complexity index is 640. The number of nitrogens with one attached hydrogen (secondary N) is 2. The average molecular weight is 348 g/mol. The molecule has 1 aromatic heterocycles. The van der Waals surface area contributed by atoms with Crippen LogP contribution < -0.4 is 10.6 Å². The Morgan fingerprint density at radius 1 is 1.25 bits per heavy atom. The summed E-state index contributed by atoms with van der Waals surface area (Å²) in [5.41, 5.74) is 0.975. The van der Waals surface area contributed by atoms with Crippen molar-refractivity contribution in [2.24, 2.45) is 4.99 Å². The van der Waals surface area contributed by atoms with E-state index < -0.39 is 0 Å². The minimum atomic E-state index is -0.195. The molecule has 130 valence electrons. The maximum Gasteiger partial charge on any atom is 0.191 e. The average Bonchev–Trinajstić information content (AvgIpc) is 3.07. The molecule has 2 rings (SSSR count). The molecule has 0 saturated heterocycles. The normalized spacial score (nSPS) is 13.1. The smallest absolute Gasteiger partial charge is 0.191 e. The van der Waals surface area contributed by atoms with E-state index in [9.17, 15) is 4.39 Å².